The SMILES string of the molecule is CCC(CC[C@@H](C)[C@H]1CC[C@H]2[C@@H]3CC(O)C4CC(O)CC[C@]4(C)[C@H]3CC[C@]12C)C(C)C. The van der Waals surface area contributed by atoms with Crippen LogP contribution in [-0.4, -0.2) is 22.4 Å². The lowest BCUT2D eigenvalue weighted by Gasteiger charge is -2.62. The van der Waals surface area contributed by atoms with E-state index in [1.807, 2.05) is 0 Å². The lowest BCUT2D eigenvalue weighted by atomic mass is 9.43. The Morgan fingerprint density at radius 3 is 2.16 bits per heavy atom. The van der Waals surface area contributed by atoms with Crippen molar-refractivity contribution in [3.05, 3.63) is 0 Å². The molecule has 0 amide bonds. The highest BCUT2D eigenvalue weighted by atomic mass is 16.3. The summed E-state index contributed by atoms with van der Waals surface area (Å²) in [6, 6.07) is 0. The zero-order valence-corrected chi connectivity index (χ0v) is 21.4. The summed E-state index contributed by atoms with van der Waals surface area (Å²) < 4.78 is 0. The molecule has 4 unspecified atom stereocenters. The van der Waals surface area contributed by atoms with Crippen LogP contribution < -0.4 is 0 Å². The van der Waals surface area contributed by atoms with Crippen molar-refractivity contribution >= 4 is 0 Å². The summed E-state index contributed by atoms with van der Waals surface area (Å²) in [5.74, 6) is 6.01. The molecule has 31 heavy (non-hydrogen) atoms. The number of fused-ring (bicyclic) bond motifs is 5. The first-order valence-electron chi connectivity index (χ1n) is 14.0. The minimum atomic E-state index is -0.198. The van der Waals surface area contributed by atoms with Crippen LogP contribution in [0.5, 0.6) is 0 Å². The summed E-state index contributed by atoms with van der Waals surface area (Å²) in [6.45, 7) is 14.9. The summed E-state index contributed by atoms with van der Waals surface area (Å²) in [6.07, 6.45) is 13.2. The van der Waals surface area contributed by atoms with E-state index < -0.39 is 0 Å². The first-order valence-corrected chi connectivity index (χ1v) is 14.0. The molecular weight excluding hydrogens is 380 g/mol. The van der Waals surface area contributed by atoms with E-state index in [9.17, 15) is 10.2 Å². The largest absolute Gasteiger partial charge is 0.393 e. The number of aliphatic hydroxyl groups excluding tert-OH is 2. The summed E-state index contributed by atoms with van der Waals surface area (Å²) in [5, 5.41) is 21.5. The van der Waals surface area contributed by atoms with E-state index >= 15 is 0 Å². The molecule has 0 aromatic carbocycles. The molecule has 0 bridgehead atoms. The van der Waals surface area contributed by atoms with Crippen LogP contribution in [0.15, 0.2) is 0 Å². The third-order valence-electron chi connectivity index (χ3n) is 11.9. The van der Waals surface area contributed by atoms with Crippen LogP contribution in [0, 0.1) is 58.2 Å². The first kappa shape index (κ1) is 24.1. The van der Waals surface area contributed by atoms with Crippen LogP contribution in [0.2, 0.25) is 0 Å². The second-order valence-electron chi connectivity index (χ2n) is 13.4. The second-order valence-corrected chi connectivity index (χ2v) is 13.4. The Labute approximate surface area is 193 Å². The van der Waals surface area contributed by atoms with Gasteiger partial charge < -0.3 is 10.2 Å². The van der Waals surface area contributed by atoms with Gasteiger partial charge in [-0.05, 0) is 116 Å². The van der Waals surface area contributed by atoms with Crippen LogP contribution in [0.4, 0.5) is 0 Å². The van der Waals surface area contributed by atoms with E-state index in [4.69, 9.17) is 0 Å². The number of aliphatic hydroxyl groups is 2. The van der Waals surface area contributed by atoms with Gasteiger partial charge in [-0.15, -0.1) is 0 Å². The van der Waals surface area contributed by atoms with Crippen molar-refractivity contribution in [3.63, 3.8) is 0 Å². The van der Waals surface area contributed by atoms with Crippen molar-refractivity contribution in [2.75, 3.05) is 0 Å². The van der Waals surface area contributed by atoms with E-state index in [2.05, 4.69) is 41.5 Å². The monoisotopic (exact) mass is 432 g/mol. The standard InChI is InChI=1S/C29H52O2/c1-7-20(18(2)3)9-8-19(4)23-10-11-24-22-17-27(31)26-16-21(30)12-14-29(26,6)25(22)13-15-28(23,24)5/h18-27,30-31H,7-17H2,1-6H3/t19-,20?,21?,22+,23-,24+,25+,26?,27?,28-,29-/m1/s1. The zero-order chi connectivity index (χ0) is 22.6. The van der Waals surface area contributed by atoms with Crippen molar-refractivity contribution in [2.24, 2.45) is 58.2 Å². The van der Waals surface area contributed by atoms with E-state index in [1.165, 1.54) is 44.9 Å². The number of hydrogen-bond donors (Lipinski definition) is 2. The fourth-order valence-electron chi connectivity index (χ4n) is 9.94. The van der Waals surface area contributed by atoms with Crippen LogP contribution in [0.1, 0.15) is 112 Å². The van der Waals surface area contributed by atoms with Gasteiger partial charge >= 0.3 is 0 Å². The molecule has 4 rings (SSSR count). The predicted molar refractivity (Wildman–Crippen MR) is 130 cm³/mol. The van der Waals surface area contributed by atoms with Gasteiger partial charge in [-0.25, -0.2) is 0 Å². The van der Waals surface area contributed by atoms with Crippen LogP contribution in [0.25, 0.3) is 0 Å². The molecule has 4 aliphatic rings. The smallest absolute Gasteiger partial charge is 0.0577 e. The molecule has 2 N–H and O–H groups in total. The summed E-state index contributed by atoms with van der Waals surface area (Å²) in [7, 11) is 0. The van der Waals surface area contributed by atoms with Gasteiger partial charge in [0.1, 0.15) is 0 Å². The Kier molecular flexibility index (Phi) is 6.93. The number of hydrogen-bond acceptors (Lipinski definition) is 2. The van der Waals surface area contributed by atoms with Gasteiger partial charge in [0.25, 0.3) is 0 Å². The second kappa shape index (κ2) is 8.94. The fourth-order valence-corrected chi connectivity index (χ4v) is 9.94. The molecule has 0 aliphatic heterocycles. The highest BCUT2D eigenvalue weighted by Gasteiger charge is 2.62. The molecule has 0 aromatic rings. The van der Waals surface area contributed by atoms with Gasteiger partial charge in [-0.1, -0.05) is 54.4 Å². The van der Waals surface area contributed by atoms with Crippen molar-refractivity contribution in [1.82, 2.24) is 0 Å². The third-order valence-corrected chi connectivity index (χ3v) is 11.9. The molecule has 180 valence electrons. The third kappa shape index (κ3) is 4.05. The lowest BCUT2D eigenvalue weighted by molar-refractivity contribution is -0.172. The maximum Gasteiger partial charge on any atom is 0.0577 e. The van der Waals surface area contributed by atoms with Crippen molar-refractivity contribution < 1.29 is 10.2 Å². The summed E-state index contributed by atoms with van der Waals surface area (Å²) in [4.78, 5) is 0. The van der Waals surface area contributed by atoms with Crippen molar-refractivity contribution in [2.45, 2.75) is 124 Å². The molecule has 2 nitrogen and oxygen atoms in total. The normalized spacial score (nSPS) is 49.3. The van der Waals surface area contributed by atoms with Gasteiger partial charge in [-0.2, -0.15) is 0 Å². The van der Waals surface area contributed by atoms with Gasteiger partial charge in [0.05, 0.1) is 12.2 Å². The molecule has 2 heteroatoms. The lowest BCUT2D eigenvalue weighted by Crippen LogP contribution is -2.58. The molecule has 4 fully saturated rings. The Bertz CT molecular complexity index is 616. The van der Waals surface area contributed by atoms with E-state index in [0.29, 0.717) is 17.3 Å². The van der Waals surface area contributed by atoms with Crippen LogP contribution >= 0.6 is 0 Å². The predicted octanol–water partition coefficient (Wildman–Crippen LogP) is 7.08. The molecule has 4 aliphatic carbocycles. The van der Waals surface area contributed by atoms with Gasteiger partial charge in [0.2, 0.25) is 0 Å². The number of rotatable bonds is 6. The van der Waals surface area contributed by atoms with E-state index in [0.717, 1.165) is 61.2 Å². The Hall–Kier alpha value is -0.0800. The Morgan fingerprint density at radius 1 is 0.806 bits per heavy atom. The maximum atomic E-state index is 11.2. The fraction of sp³-hybridized carbons (Fsp3) is 1.00. The molecule has 11 atom stereocenters. The van der Waals surface area contributed by atoms with Crippen LogP contribution in [-0.2, 0) is 0 Å². The minimum Gasteiger partial charge on any atom is -0.393 e. The first-order chi connectivity index (χ1) is 14.6. The molecular formula is C29H52O2. The van der Waals surface area contributed by atoms with E-state index in [1.54, 1.807) is 0 Å². The topological polar surface area (TPSA) is 40.5 Å². The summed E-state index contributed by atoms with van der Waals surface area (Å²) >= 11 is 0. The van der Waals surface area contributed by atoms with Crippen LogP contribution in [0.3, 0.4) is 0 Å². The van der Waals surface area contributed by atoms with Gasteiger partial charge in [-0.3, -0.25) is 0 Å². The molecule has 0 heterocycles. The molecule has 0 radical (unpaired) electrons. The Balaban J connectivity index is 1.48. The highest BCUT2D eigenvalue weighted by Crippen LogP contribution is 2.68. The Morgan fingerprint density at radius 2 is 1.48 bits per heavy atom. The maximum absolute atomic E-state index is 11.2. The van der Waals surface area contributed by atoms with Crippen molar-refractivity contribution in [3.8, 4) is 0 Å². The quantitative estimate of drug-likeness (QED) is 0.471. The molecule has 0 aromatic heterocycles. The molecule has 0 saturated heterocycles. The van der Waals surface area contributed by atoms with Gasteiger partial charge in [0.15, 0.2) is 0 Å². The molecule has 0 spiro atoms. The summed E-state index contributed by atoms with van der Waals surface area (Å²) in [5.41, 5.74) is 0.732. The van der Waals surface area contributed by atoms with Gasteiger partial charge in [0, 0.05) is 0 Å². The zero-order valence-electron chi connectivity index (χ0n) is 21.4. The average Bonchev–Trinajstić information content (AvgIpc) is 3.07. The van der Waals surface area contributed by atoms with Crippen molar-refractivity contribution in [1.29, 1.82) is 0 Å². The molecule has 4 saturated carbocycles. The van der Waals surface area contributed by atoms with E-state index in [-0.39, 0.29) is 17.6 Å². The highest BCUT2D eigenvalue weighted by molar-refractivity contribution is 5.11. The average molecular weight is 433 g/mol. The minimum absolute atomic E-state index is 0.187.